The van der Waals surface area contributed by atoms with E-state index in [1.807, 2.05) is 41.3 Å². The lowest BCUT2D eigenvalue weighted by atomic mass is 9.98. The van der Waals surface area contributed by atoms with E-state index in [4.69, 9.17) is 10.5 Å². The molecule has 3 unspecified atom stereocenters. The lowest BCUT2D eigenvalue weighted by Gasteiger charge is -2.20. The van der Waals surface area contributed by atoms with Gasteiger partial charge in [-0.3, -0.25) is 4.79 Å². The molecule has 1 aliphatic carbocycles. The number of halogens is 1. The molecule has 2 aromatic carbocycles. The molecule has 0 aromatic heterocycles. The van der Waals surface area contributed by atoms with Gasteiger partial charge in [-0.15, -0.1) is 12.4 Å². The summed E-state index contributed by atoms with van der Waals surface area (Å²) in [4.78, 5) is 15.1. The SMILES string of the molecule is Cc1ccccc1COc1ccccc1C(=O)N1CC2CCC(N)C2C1.Cl. The van der Waals surface area contributed by atoms with Crippen LogP contribution in [0.1, 0.15) is 34.3 Å². The lowest BCUT2D eigenvalue weighted by Crippen LogP contribution is -2.33. The topological polar surface area (TPSA) is 55.6 Å². The number of rotatable bonds is 4. The third kappa shape index (κ3) is 3.97. The van der Waals surface area contributed by atoms with Crippen molar-refractivity contribution in [1.82, 2.24) is 4.90 Å². The van der Waals surface area contributed by atoms with E-state index in [9.17, 15) is 4.79 Å². The summed E-state index contributed by atoms with van der Waals surface area (Å²) in [6, 6.07) is 16.0. The first-order chi connectivity index (χ1) is 12.6. The Morgan fingerprint density at radius 1 is 1.11 bits per heavy atom. The summed E-state index contributed by atoms with van der Waals surface area (Å²) in [7, 11) is 0. The van der Waals surface area contributed by atoms with Crippen LogP contribution in [0.3, 0.4) is 0 Å². The highest BCUT2D eigenvalue weighted by molar-refractivity contribution is 5.97. The van der Waals surface area contributed by atoms with Crippen molar-refractivity contribution in [3.8, 4) is 5.75 Å². The Morgan fingerprint density at radius 3 is 2.63 bits per heavy atom. The quantitative estimate of drug-likeness (QED) is 0.869. The van der Waals surface area contributed by atoms with Crippen LogP contribution in [0.5, 0.6) is 5.75 Å². The predicted molar refractivity (Wildman–Crippen MR) is 109 cm³/mol. The molecular formula is C22H27ClN2O2. The Kier molecular flexibility index (Phi) is 6.08. The zero-order chi connectivity index (χ0) is 18.1. The first kappa shape index (κ1) is 19.7. The number of amides is 1. The van der Waals surface area contributed by atoms with Crippen LogP contribution in [0.25, 0.3) is 0 Å². The third-order valence-corrected chi connectivity index (χ3v) is 5.96. The maximum atomic E-state index is 13.1. The fourth-order valence-electron chi connectivity index (χ4n) is 4.34. The minimum Gasteiger partial charge on any atom is -0.488 e. The number of ether oxygens (including phenoxy) is 1. The molecule has 2 N–H and O–H groups in total. The molecule has 0 bridgehead atoms. The molecule has 1 aliphatic heterocycles. The largest absolute Gasteiger partial charge is 0.488 e. The van der Waals surface area contributed by atoms with Crippen molar-refractivity contribution in [3.05, 3.63) is 65.2 Å². The van der Waals surface area contributed by atoms with E-state index in [2.05, 4.69) is 19.1 Å². The van der Waals surface area contributed by atoms with Crippen LogP contribution in [-0.2, 0) is 6.61 Å². The second-order valence-corrected chi connectivity index (χ2v) is 7.59. The zero-order valence-corrected chi connectivity index (χ0v) is 16.5. The van der Waals surface area contributed by atoms with Crippen molar-refractivity contribution in [2.45, 2.75) is 32.4 Å². The Morgan fingerprint density at radius 2 is 1.85 bits per heavy atom. The van der Waals surface area contributed by atoms with Crippen molar-refractivity contribution in [2.24, 2.45) is 17.6 Å². The molecule has 4 nitrogen and oxygen atoms in total. The molecule has 1 heterocycles. The monoisotopic (exact) mass is 386 g/mol. The number of fused-ring (bicyclic) bond motifs is 1. The van der Waals surface area contributed by atoms with Crippen LogP contribution in [0.4, 0.5) is 0 Å². The maximum Gasteiger partial charge on any atom is 0.257 e. The Bertz CT molecular complexity index is 810. The summed E-state index contributed by atoms with van der Waals surface area (Å²) in [6.07, 6.45) is 2.23. The highest BCUT2D eigenvalue weighted by Crippen LogP contribution is 2.38. The van der Waals surface area contributed by atoms with Crippen LogP contribution < -0.4 is 10.5 Å². The average molecular weight is 387 g/mol. The van der Waals surface area contributed by atoms with Gasteiger partial charge in [-0.1, -0.05) is 36.4 Å². The molecule has 2 aromatic rings. The fourth-order valence-corrected chi connectivity index (χ4v) is 4.34. The van der Waals surface area contributed by atoms with Gasteiger partial charge in [0, 0.05) is 19.1 Å². The molecule has 2 aliphatic rings. The molecule has 2 fully saturated rings. The van der Waals surface area contributed by atoms with Crippen LogP contribution in [0.15, 0.2) is 48.5 Å². The number of nitrogens with two attached hydrogens (primary N) is 1. The van der Waals surface area contributed by atoms with E-state index < -0.39 is 0 Å². The predicted octanol–water partition coefficient (Wildman–Crippen LogP) is 3.81. The molecule has 3 atom stereocenters. The standard InChI is InChI=1S/C22H26N2O2.ClH/c1-15-6-2-3-7-17(15)14-26-21-9-5-4-8-18(21)22(25)24-12-16-10-11-20(23)19(16)13-24;/h2-9,16,19-20H,10-14,23H2,1H3;1H. The second-order valence-electron chi connectivity index (χ2n) is 7.59. The van der Waals surface area contributed by atoms with Crippen molar-refractivity contribution in [3.63, 3.8) is 0 Å². The Hall–Kier alpha value is -2.04. The van der Waals surface area contributed by atoms with E-state index in [0.717, 1.165) is 31.5 Å². The van der Waals surface area contributed by atoms with Gasteiger partial charge in [-0.05, 0) is 54.9 Å². The highest BCUT2D eigenvalue weighted by Gasteiger charge is 2.42. The maximum absolute atomic E-state index is 13.1. The minimum absolute atomic E-state index is 0. The van der Waals surface area contributed by atoms with E-state index in [0.29, 0.717) is 29.8 Å². The summed E-state index contributed by atoms with van der Waals surface area (Å²) >= 11 is 0. The number of likely N-dealkylation sites (tertiary alicyclic amines) is 1. The molecule has 1 saturated heterocycles. The third-order valence-electron chi connectivity index (χ3n) is 5.96. The molecule has 1 saturated carbocycles. The van der Waals surface area contributed by atoms with E-state index >= 15 is 0 Å². The van der Waals surface area contributed by atoms with Crippen LogP contribution in [-0.4, -0.2) is 29.9 Å². The molecular weight excluding hydrogens is 360 g/mol. The first-order valence-corrected chi connectivity index (χ1v) is 9.44. The van der Waals surface area contributed by atoms with Crippen molar-refractivity contribution >= 4 is 18.3 Å². The number of para-hydroxylation sites is 1. The summed E-state index contributed by atoms with van der Waals surface area (Å²) in [5, 5.41) is 0. The fraction of sp³-hybridized carbons (Fsp3) is 0.409. The lowest BCUT2D eigenvalue weighted by molar-refractivity contribution is 0.0774. The Balaban J connectivity index is 0.00000210. The summed E-state index contributed by atoms with van der Waals surface area (Å²) in [5.74, 6) is 1.74. The van der Waals surface area contributed by atoms with Gasteiger partial charge in [0.2, 0.25) is 0 Å². The Labute approximate surface area is 167 Å². The van der Waals surface area contributed by atoms with Crippen molar-refractivity contribution < 1.29 is 9.53 Å². The van der Waals surface area contributed by atoms with Crippen molar-refractivity contribution in [2.75, 3.05) is 13.1 Å². The highest BCUT2D eigenvalue weighted by atomic mass is 35.5. The molecule has 0 spiro atoms. The second kappa shape index (κ2) is 8.32. The summed E-state index contributed by atoms with van der Waals surface area (Å²) in [6.45, 7) is 4.13. The summed E-state index contributed by atoms with van der Waals surface area (Å²) < 4.78 is 6.03. The normalized spacial score (nSPS) is 23.6. The van der Waals surface area contributed by atoms with Crippen LogP contribution in [0, 0.1) is 18.8 Å². The zero-order valence-electron chi connectivity index (χ0n) is 15.6. The smallest absolute Gasteiger partial charge is 0.257 e. The number of hydrogen-bond acceptors (Lipinski definition) is 3. The van der Waals surface area contributed by atoms with E-state index in [1.165, 1.54) is 5.56 Å². The molecule has 27 heavy (non-hydrogen) atoms. The first-order valence-electron chi connectivity index (χ1n) is 9.44. The van der Waals surface area contributed by atoms with E-state index in [1.54, 1.807) is 0 Å². The molecule has 5 heteroatoms. The molecule has 0 radical (unpaired) electrons. The van der Waals surface area contributed by atoms with Gasteiger partial charge >= 0.3 is 0 Å². The van der Waals surface area contributed by atoms with Crippen LogP contribution >= 0.6 is 12.4 Å². The van der Waals surface area contributed by atoms with Gasteiger partial charge < -0.3 is 15.4 Å². The van der Waals surface area contributed by atoms with Gasteiger partial charge in [0.05, 0.1) is 5.56 Å². The molecule has 1 amide bonds. The van der Waals surface area contributed by atoms with Gasteiger partial charge in [-0.2, -0.15) is 0 Å². The van der Waals surface area contributed by atoms with Gasteiger partial charge in [0.1, 0.15) is 12.4 Å². The number of benzene rings is 2. The van der Waals surface area contributed by atoms with Gasteiger partial charge in [0.15, 0.2) is 0 Å². The number of aryl methyl sites for hydroxylation is 1. The minimum atomic E-state index is 0. The van der Waals surface area contributed by atoms with Crippen LogP contribution in [0.2, 0.25) is 0 Å². The number of carbonyl (C=O) groups excluding carboxylic acids is 1. The molecule has 144 valence electrons. The summed E-state index contributed by atoms with van der Waals surface area (Å²) in [5.41, 5.74) is 9.19. The number of nitrogens with zero attached hydrogens (tertiary/aromatic N) is 1. The number of hydrogen-bond donors (Lipinski definition) is 1. The average Bonchev–Trinajstić information content (AvgIpc) is 3.23. The number of carbonyl (C=O) groups is 1. The van der Waals surface area contributed by atoms with Crippen molar-refractivity contribution in [1.29, 1.82) is 0 Å². The van der Waals surface area contributed by atoms with Gasteiger partial charge in [0.25, 0.3) is 5.91 Å². The molecule has 4 rings (SSSR count). The van der Waals surface area contributed by atoms with E-state index in [-0.39, 0.29) is 24.4 Å². The van der Waals surface area contributed by atoms with Gasteiger partial charge in [-0.25, -0.2) is 0 Å².